The number of likely N-dealkylation sites (tertiary alicyclic amines) is 1. The van der Waals surface area contributed by atoms with Crippen LogP contribution in [0.15, 0.2) is 297 Å². The van der Waals surface area contributed by atoms with E-state index in [1.165, 1.54) is 6.07 Å². The molecule has 4 aromatic heterocycles. The topological polar surface area (TPSA) is 397 Å². The molecule has 0 saturated carbocycles. The van der Waals surface area contributed by atoms with Crippen LogP contribution in [0.1, 0.15) is 173 Å². The minimum absolute atomic E-state index is 0.0499. The van der Waals surface area contributed by atoms with E-state index < -0.39 is 45.7 Å². The van der Waals surface area contributed by atoms with Gasteiger partial charge in [-0.3, -0.25) is 33.9 Å². The maximum Gasteiger partial charge on any atom is 0.492 e. The number of benzene rings is 8. The molecule has 0 spiro atoms. The summed E-state index contributed by atoms with van der Waals surface area (Å²) in [5.74, 6) is 4.04. The number of para-hydroxylation sites is 4. The van der Waals surface area contributed by atoms with Crippen molar-refractivity contribution < 1.29 is 80.8 Å². The molecule has 3 saturated heterocycles. The Kier molecular flexibility index (Phi) is 36.2. The Morgan fingerprint density at radius 3 is 1.08 bits per heavy atom. The van der Waals surface area contributed by atoms with Crippen LogP contribution in [0.4, 0.5) is 14.4 Å². The molecule has 5 aliphatic rings. The van der Waals surface area contributed by atoms with Gasteiger partial charge in [0.25, 0.3) is 23.6 Å². The first kappa shape index (κ1) is 108. The van der Waals surface area contributed by atoms with E-state index in [1.54, 1.807) is 57.2 Å². The number of ether oxygens (including phenoxy) is 7. The highest BCUT2D eigenvalue weighted by atomic mass is 35.5. The third-order valence-electron chi connectivity index (χ3n) is 23.0. The second kappa shape index (κ2) is 48.4. The van der Waals surface area contributed by atoms with Crippen LogP contribution in [0, 0.1) is 0 Å². The van der Waals surface area contributed by atoms with E-state index in [-0.39, 0.29) is 42.5 Å². The van der Waals surface area contributed by atoms with Gasteiger partial charge in [-0.1, -0.05) is 103 Å². The molecule has 0 aliphatic carbocycles. The van der Waals surface area contributed by atoms with Gasteiger partial charge in [0.05, 0.1) is 68.5 Å². The highest BCUT2D eigenvalue weighted by molar-refractivity contribution is 6.66. The van der Waals surface area contributed by atoms with Gasteiger partial charge in [0.15, 0.2) is 0 Å². The molecule has 5 aliphatic heterocycles. The molecule has 746 valence electrons. The summed E-state index contributed by atoms with van der Waals surface area (Å²) < 4.78 is 51.6. The Balaban J connectivity index is 0.000000160. The molecule has 32 heteroatoms. The molecule has 3 fully saturated rings. The van der Waals surface area contributed by atoms with Crippen LogP contribution in [0.2, 0.25) is 5.15 Å². The number of pyridine rings is 4. The number of hydrogen-bond acceptors (Lipinski definition) is 22. The smallest absolute Gasteiger partial charge is 0.457 e. The van der Waals surface area contributed by atoms with Crippen molar-refractivity contribution in [1.29, 1.82) is 0 Å². The summed E-state index contributed by atoms with van der Waals surface area (Å²) in [7, 11) is -0.387. The quantitative estimate of drug-likeness (QED) is 0.0147. The van der Waals surface area contributed by atoms with Crippen LogP contribution in [0.5, 0.6) is 46.0 Å². The summed E-state index contributed by atoms with van der Waals surface area (Å²) >= 11 is 10.6. The number of nitrogens with two attached hydrogens (primary N) is 4. The summed E-state index contributed by atoms with van der Waals surface area (Å²) in [6.45, 7) is 32.7. The Morgan fingerprint density at radius 2 is 0.729 bits per heavy atom. The molecule has 12 aromatic rings. The summed E-state index contributed by atoms with van der Waals surface area (Å²) in [5, 5.41) is 3.14. The van der Waals surface area contributed by atoms with Crippen molar-refractivity contribution >= 4 is 83.0 Å². The maximum absolute atomic E-state index is 12.4. The fourth-order valence-electron chi connectivity index (χ4n) is 15.2. The average Bonchev–Trinajstić information content (AvgIpc) is 1.62. The number of allylic oxidation sites excluding steroid dienone is 1. The molecule has 144 heavy (non-hydrogen) atoms. The first-order chi connectivity index (χ1) is 68.4. The summed E-state index contributed by atoms with van der Waals surface area (Å²) in [6.07, 6.45) is 5.80. The molecule has 29 nitrogen and oxygen atoms in total. The molecular weight excluding hydrogens is 1870 g/mol. The predicted molar refractivity (Wildman–Crippen MR) is 558 cm³/mol. The van der Waals surface area contributed by atoms with E-state index in [9.17, 15) is 38.4 Å². The molecule has 8 aromatic carbocycles. The molecule has 17 rings (SSSR count). The minimum atomic E-state index is -0.565. The Hall–Kier alpha value is -15.3. The number of aromatic nitrogens is 4. The Bertz CT molecular complexity index is 6540. The third-order valence-corrected chi connectivity index (χ3v) is 23.4. The number of nitrogens with one attached hydrogen (secondary N) is 1. The number of halogens is 2. The molecule has 9 heterocycles. The first-order valence-corrected chi connectivity index (χ1v) is 47.6. The van der Waals surface area contributed by atoms with E-state index in [1.807, 2.05) is 321 Å². The van der Waals surface area contributed by atoms with E-state index in [2.05, 4.69) is 16.9 Å². The summed E-state index contributed by atoms with van der Waals surface area (Å²) in [6, 6.07) is 81.3. The van der Waals surface area contributed by atoms with Crippen LogP contribution in [-0.4, -0.2) is 169 Å². The molecule has 2 atom stereocenters. The molecular formula is C112H119BCl2N12O17. The zero-order chi connectivity index (χ0) is 104. The summed E-state index contributed by atoms with van der Waals surface area (Å²) in [4.78, 5) is 117. The van der Waals surface area contributed by atoms with Crippen molar-refractivity contribution in [2.45, 2.75) is 143 Å². The predicted octanol–water partition coefficient (Wildman–Crippen LogP) is 22.4. The van der Waals surface area contributed by atoms with Gasteiger partial charge in [0, 0.05) is 84.7 Å². The van der Waals surface area contributed by atoms with Crippen molar-refractivity contribution in [3.05, 3.63) is 342 Å². The van der Waals surface area contributed by atoms with Gasteiger partial charge in [-0.2, -0.15) is 0 Å². The number of amides is 7. The normalized spacial score (nSPS) is 15.3. The lowest BCUT2D eigenvalue weighted by Crippen LogP contribution is -2.41. The Morgan fingerprint density at radius 1 is 0.410 bits per heavy atom. The van der Waals surface area contributed by atoms with E-state index in [0.717, 1.165) is 105 Å². The van der Waals surface area contributed by atoms with Crippen molar-refractivity contribution in [2.75, 3.05) is 52.4 Å². The first-order valence-electron chi connectivity index (χ1n) is 46.8. The molecule has 0 radical (unpaired) electrons. The highest BCUT2D eigenvalue weighted by Crippen LogP contribution is 2.41. The van der Waals surface area contributed by atoms with Crippen LogP contribution in [0.25, 0.3) is 50.6 Å². The SMILES string of the molecule is C=CC(=O)Cl.CC(C)(C)OC(=O)N1CC=C(B2OC(C)(C)C(C)(C)O2)C1.CC(C)(C)OC(=O)N1CC=C(c2ccc(C(N)=O)c(-c3ccc(Oc4ccccc4)cc3)n2)C1.CC(C)(C)OC(=O)N1CCC(c2ccc(C(N)=O)c(-c3ccc(Oc4ccccc4)cc3)n2)C1.NC(=O)c1ccc(C2CCNC2)nc1-c1ccc(Oc2ccccc2)cc1.NC(=O)c1ccc(Cl)nc1-c1ccc(Oc2ccccc2)cc1. The lowest BCUT2D eigenvalue weighted by Gasteiger charge is -2.32. The van der Waals surface area contributed by atoms with Gasteiger partial charge in [0.2, 0.25) is 5.24 Å². The second-order valence-electron chi connectivity index (χ2n) is 38.0. The van der Waals surface area contributed by atoms with Crippen LogP contribution in [0.3, 0.4) is 0 Å². The van der Waals surface area contributed by atoms with Crippen molar-refractivity contribution in [1.82, 2.24) is 40.0 Å². The molecule has 0 bridgehead atoms. The molecule has 9 N–H and O–H groups in total. The monoisotopic (exact) mass is 1980 g/mol. The minimum Gasteiger partial charge on any atom is -0.457 e. The van der Waals surface area contributed by atoms with Gasteiger partial charge in [-0.25, -0.2) is 24.4 Å². The van der Waals surface area contributed by atoms with Crippen LogP contribution >= 0.6 is 23.2 Å². The summed E-state index contributed by atoms with van der Waals surface area (Å²) in [5.41, 5.74) is 30.8. The maximum atomic E-state index is 12.4. The standard InChI is InChI=1S/C27H29N3O4.C27H27N3O4.C22H21N3O2.C18H13ClN2O2.C15H26BNO4.C3H3ClO/c2*1-27(2,3)34-26(32)30-16-15-19(17-30)23-14-13-22(25(28)31)24(29-23)18-9-11-21(12-10-18)33-20-7-5-4-6-8-20;23-22(26)19-10-11-20(16-12-13-24-14-16)25-21(19)15-6-8-18(9-7-15)27-17-4-2-1-3-5-17;19-16-11-10-15(18(20)22)17(21-16)12-6-8-14(9-7-12)23-13-4-2-1-3-5-13;1-13(2,3)19-12(18)17-9-8-11(10-17)16-20-14(4,5)15(6,7)21-16;1-2-3(4)5/h4-14,19H,15-17H2,1-3H3,(H2,28,31);4-15H,16-17H2,1-3H3,(H2,28,31);1-11,16,24H,12-14H2,(H2,23,26);1-11H,(H2,20,22);8H,9-10H2,1-7H3;2H,1H2. The number of carbonyl (C=O) groups is 8. The largest absolute Gasteiger partial charge is 0.492 e. The zero-order valence-electron chi connectivity index (χ0n) is 82.8. The average molecular weight is 1990 g/mol. The third kappa shape index (κ3) is 30.8. The van der Waals surface area contributed by atoms with Gasteiger partial charge >= 0.3 is 25.4 Å². The zero-order valence-corrected chi connectivity index (χ0v) is 84.3. The van der Waals surface area contributed by atoms with Gasteiger partial charge in [0.1, 0.15) is 68.0 Å². The fraction of sp³-hybridized carbons (Fsp3) is 0.268. The number of hydrogen-bond donors (Lipinski definition) is 5. The highest BCUT2D eigenvalue weighted by Gasteiger charge is 2.53. The second-order valence-corrected chi connectivity index (χ2v) is 38.8. The fourth-order valence-corrected chi connectivity index (χ4v) is 15.3. The van der Waals surface area contributed by atoms with Crippen molar-refractivity contribution in [3.63, 3.8) is 0 Å². The van der Waals surface area contributed by atoms with Gasteiger partial charge in [-0.05, 0) is 332 Å². The number of nitrogens with zero attached hydrogens (tertiary/aromatic N) is 7. The number of carbonyl (C=O) groups excluding carboxylic acids is 8. The molecule has 7 amide bonds. The van der Waals surface area contributed by atoms with Crippen molar-refractivity contribution in [3.8, 4) is 91.0 Å². The van der Waals surface area contributed by atoms with Crippen molar-refractivity contribution in [2.24, 2.45) is 22.9 Å². The van der Waals surface area contributed by atoms with Crippen LogP contribution in [-0.2, 0) is 28.3 Å². The van der Waals surface area contributed by atoms with Crippen LogP contribution < -0.4 is 47.2 Å². The number of primary amides is 4. The van der Waals surface area contributed by atoms with Gasteiger partial charge in [-0.15, -0.1) is 0 Å². The Labute approximate surface area is 849 Å². The van der Waals surface area contributed by atoms with Gasteiger partial charge < -0.3 is 85.4 Å². The van der Waals surface area contributed by atoms with E-state index in [4.69, 9.17) is 104 Å². The lowest BCUT2D eigenvalue weighted by molar-refractivity contribution is -0.107. The lowest BCUT2D eigenvalue weighted by atomic mass is 9.79. The van der Waals surface area contributed by atoms with E-state index in [0.29, 0.717) is 118 Å². The number of rotatable bonds is 21. The van der Waals surface area contributed by atoms with E-state index >= 15 is 0 Å². The molecule has 2 unspecified atom stereocenters.